The number of hydrogen-bond donors (Lipinski definition) is 1. The zero-order valence-corrected chi connectivity index (χ0v) is 22.6. The van der Waals surface area contributed by atoms with Crippen molar-refractivity contribution in [2.75, 3.05) is 31.0 Å². The molecule has 7 nitrogen and oxygen atoms in total. The number of hydrogen-bond acceptors (Lipinski definition) is 7. The van der Waals surface area contributed by atoms with E-state index in [1.165, 1.54) is 0 Å². The third-order valence-electron chi connectivity index (χ3n) is 5.64. The smallest absolute Gasteiger partial charge is 0.155 e. The van der Waals surface area contributed by atoms with Crippen molar-refractivity contribution in [2.24, 2.45) is 0 Å². The van der Waals surface area contributed by atoms with E-state index in [4.69, 9.17) is 14.5 Å². The van der Waals surface area contributed by atoms with Crippen LogP contribution in [-0.2, 0) is 17.7 Å². The second-order valence-corrected chi connectivity index (χ2v) is 8.40. The third kappa shape index (κ3) is 7.84. The Labute approximate surface area is 211 Å². The minimum atomic E-state index is 0.310. The number of nitrogens with zero attached hydrogens (tertiary/aromatic N) is 4. The monoisotopic (exact) mass is 479 g/mol. The summed E-state index contributed by atoms with van der Waals surface area (Å²) in [4.78, 5) is 16.2. The first-order valence-electron chi connectivity index (χ1n) is 12.4. The molecule has 0 fully saturated rings. The Morgan fingerprint density at radius 3 is 2.43 bits per heavy atom. The molecule has 0 aliphatic rings. The van der Waals surface area contributed by atoms with Crippen molar-refractivity contribution in [1.82, 2.24) is 15.0 Å². The average molecular weight is 480 g/mol. The molecule has 0 amide bonds. The number of rotatable bonds is 13. The third-order valence-corrected chi connectivity index (χ3v) is 5.64. The van der Waals surface area contributed by atoms with Crippen molar-refractivity contribution in [1.29, 1.82) is 0 Å². The van der Waals surface area contributed by atoms with Crippen LogP contribution in [-0.4, -0.2) is 41.8 Å². The minimum absolute atomic E-state index is 0.310. The first kappa shape index (κ1) is 27.9. The summed E-state index contributed by atoms with van der Waals surface area (Å²) < 4.78 is 11.1. The van der Waals surface area contributed by atoms with Gasteiger partial charge in [0.2, 0.25) is 0 Å². The van der Waals surface area contributed by atoms with Gasteiger partial charge in [0.05, 0.1) is 55.4 Å². The molecule has 2 rings (SSSR count). The number of ether oxygens (including phenoxy) is 2. The van der Waals surface area contributed by atoms with Gasteiger partial charge in [0.1, 0.15) is 11.6 Å². The lowest BCUT2D eigenvalue weighted by molar-refractivity contribution is 0.233. The summed E-state index contributed by atoms with van der Waals surface area (Å²) in [5.41, 5.74) is 4.93. The van der Waals surface area contributed by atoms with E-state index in [1.54, 1.807) is 19.5 Å². The SMILES string of the molecule is CC/C=C/C=C\C(=C(/C)OCC)c1cc(NCc2ncc(OC)cn2)c(N(C)C(C)C)c(CC)n1. The first-order valence-corrected chi connectivity index (χ1v) is 12.4. The fourth-order valence-corrected chi connectivity index (χ4v) is 3.52. The zero-order valence-electron chi connectivity index (χ0n) is 22.6. The molecule has 2 aromatic heterocycles. The Hall–Kier alpha value is -3.35. The number of anilines is 2. The highest BCUT2D eigenvalue weighted by atomic mass is 16.5. The fraction of sp³-hybridized carbons (Fsp3) is 0.464. The molecule has 190 valence electrons. The van der Waals surface area contributed by atoms with Crippen LogP contribution in [0.2, 0.25) is 0 Å². The van der Waals surface area contributed by atoms with Crippen molar-refractivity contribution in [3.8, 4) is 5.75 Å². The Bertz CT molecular complexity index is 1030. The van der Waals surface area contributed by atoms with Crippen LogP contribution >= 0.6 is 0 Å². The maximum Gasteiger partial charge on any atom is 0.155 e. The standard InChI is InChI=1S/C28H41N5O2/c1-9-12-13-14-15-23(21(6)35-11-3)25-16-26(28(24(10-2)32-25)33(7)20(4)5)29-19-27-30-17-22(34-8)18-31-27/h12-18,20H,9-11,19H2,1-8H3,(H,29,32)/b13-12+,15-14-,23-21-. The molecule has 0 spiro atoms. The summed E-state index contributed by atoms with van der Waals surface area (Å²) in [5.74, 6) is 2.17. The first-order chi connectivity index (χ1) is 16.9. The highest BCUT2D eigenvalue weighted by Gasteiger charge is 2.19. The van der Waals surface area contributed by atoms with Crippen molar-refractivity contribution >= 4 is 16.9 Å². The quantitative estimate of drug-likeness (QED) is 0.271. The molecule has 1 N–H and O–H groups in total. The Balaban J connectivity index is 2.59. The van der Waals surface area contributed by atoms with Crippen molar-refractivity contribution < 1.29 is 9.47 Å². The van der Waals surface area contributed by atoms with Crippen LogP contribution in [0.4, 0.5) is 11.4 Å². The molecule has 35 heavy (non-hydrogen) atoms. The summed E-state index contributed by atoms with van der Waals surface area (Å²) in [6.45, 7) is 13.7. The maximum absolute atomic E-state index is 5.90. The van der Waals surface area contributed by atoms with Gasteiger partial charge in [-0.1, -0.05) is 32.1 Å². The van der Waals surface area contributed by atoms with Gasteiger partial charge in [0.15, 0.2) is 5.75 Å². The number of allylic oxidation sites excluding steroid dienone is 6. The van der Waals surface area contributed by atoms with Crippen LogP contribution in [0.5, 0.6) is 5.75 Å². The molecule has 0 bridgehead atoms. The van der Waals surface area contributed by atoms with Gasteiger partial charge in [0, 0.05) is 18.7 Å². The summed E-state index contributed by atoms with van der Waals surface area (Å²) in [6.07, 6.45) is 13.4. The summed E-state index contributed by atoms with van der Waals surface area (Å²) in [6, 6.07) is 2.41. The van der Waals surface area contributed by atoms with E-state index in [1.807, 2.05) is 19.9 Å². The number of nitrogens with one attached hydrogen (secondary N) is 1. The van der Waals surface area contributed by atoms with Crippen LogP contribution in [0.1, 0.15) is 65.2 Å². The number of methoxy groups -OCH3 is 1. The highest BCUT2D eigenvalue weighted by molar-refractivity contribution is 5.81. The Kier molecular flexibility index (Phi) is 11.3. The predicted octanol–water partition coefficient (Wildman–Crippen LogP) is 6.19. The fourth-order valence-electron chi connectivity index (χ4n) is 3.52. The van der Waals surface area contributed by atoms with Gasteiger partial charge in [-0.05, 0) is 52.7 Å². The number of pyridine rings is 1. The minimum Gasteiger partial charge on any atom is -0.498 e. The molecule has 2 aromatic rings. The molecule has 2 heterocycles. The number of aromatic nitrogens is 3. The molecule has 7 heteroatoms. The van der Waals surface area contributed by atoms with Gasteiger partial charge < -0.3 is 19.7 Å². The summed E-state index contributed by atoms with van der Waals surface area (Å²) in [5, 5.41) is 3.57. The second-order valence-electron chi connectivity index (χ2n) is 8.40. The van der Waals surface area contributed by atoms with E-state index >= 15 is 0 Å². The molecule has 0 saturated heterocycles. The van der Waals surface area contributed by atoms with E-state index in [0.29, 0.717) is 30.8 Å². The van der Waals surface area contributed by atoms with Crippen LogP contribution in [0, 0.1) is 0 Å². The van der Waals surface area contributed by atoms with E-state index < -0.39 is 0 Å². The number of aryl methyl sites for hydroxylation is 1. The molecular weight excluding hydrogens is 438 g/mol. The zero-order chi connectivity index (χ0) is 25.8. The van der Waals surface area contributed by atoms with E-state index in [0.717, 1.165) is 46.9 Å². The van der Waals surface area contributed by atoms with Gasteiger partial charge in [0.25, 0.3) is 0 Å². The maximum atomic E-state index is 5.90. The van der Waals surface area contributed by atoms with E-state index in [-0.39, 0.29) is 0 Å². The van der Waals surface area contributed by atoms with Crippen LogP contribution < -0.4 is 15.0 Å². The van der Waals surface area contributed by atoms with Gasteiger partial charge in [-0.2, -0.15) is 0 Å². The van der Waals surface area contributed by atoms with Gasteiger partial charge in [-0.25, -0.2) is 9.97 Å². The molecule has 0 saturated carbocycles. The van der Waals surface area contributed by atoms with Crippen LogP contribution in [0.25, 0.3) is 5.57 Å². The molecule has 0 aromatic carbocycles. The summed E-state index contributed by atoms with van der Waals surface area (Å²) in [7, 11) is 3.71. The van der Waals surface area contributed by atoms with Crippen molar-refractivity contribution in [3.63, 3.8) is 0 Å². The van der Waals surface area contributed by atoms with Crippen molar-refractivity contribution in [3.05, 3.63) is 65.7 Å². The van der Waals surface area contributed by atoms with E-state index in [2.05, 4.69) is 79.2 Å². The molecule has 0 aliphatic heterocycles. The van der Waals surface area contributed by atoms with Gasteiger partial charge in [-0.3, -0.25) is 4.98 Å². The van der Waals surface area contributed by atoms with E-state index in [9.17, 15) is 0 Å². The van der Waals surface area contributed by atoms with Gasteiger partial charge in [-0.15, -0.1) is 0 Å². The molecule has 0 aliphatic carbocycles. The van der Waals surface area contributed by atoms with Crippen LogP contribution in [0.15, 0.2) is 48.5 Å². The summed E-state index contributed by atoms with van der Waals surface area (Å²) >= 11 is 0. The van der Waals surface area contributed by atoms with Crippen LogP contribution in [0.3, 0.4) is 0 Å². The molecule has 0 unspecified atom stereocenters. The van der Waals surface area contributed by atoms with Gasteiger partial charge >= 0.3 is 0 Å². The lowest BCUT2D eigenvalue weighted by Crippen LogP contribution is -2.28. The molecule has 0 atom stereocenters. The highest BCUT2D eigenvalue weighted by Crippen LogP contribution is 2.34. The topological polar surface area (TPSA) is 72.4 Å². The predicted molar refractivity (Wildman–Crippen MR) is 146 cm³/mol. The lowest BCUT2D eigenvalue weighted by atomic mass is 10.1. The lowest BCUT2D eigenvalue weighted by Gasteiger charge is -2.29. The van der Waals surface area contributed by atoms with Crippen molar-refractivity contribution in [2.45, 2.75) is 67.0 Å². The second kappa shape index (κ2) is 14.1. The normalized spacial score (nSPS) is 12.4. The Morgan fingerprint density at radius 2 is 1.86 bits per heavy atom. The molecular formula is C28H41N5O2. The average Bonchev–Trinajstić information content (AvgIpc) is 2.86. The molecule has 0 radical (unpaired) electrons. The largest absolute Gasteiger partial charge is 0.498 e. The Morgan fingerprint density at radius 1 is 1.14 bits per heavy atom.